The molecule has 0 aromatic heterocycles. The van der Waals surface area contributed by atoms with Gasteiger partial charge in [0.2, 0.25) is 0 Å². The number of sulfone groups is 1. The smallest absolute Gasteiger partial charge is 0.152 e. The predicted molar refractivity (Wildman–Crippen MR) is 75.9 cm³/mol. The molecule has 19 heavy (non-hydrogen) atoms. The van der Waals surface area contributed by atoms with Crippen molar-refractivity contribution in [2.75, 3.05) is 24.3 Å². The largest absolute Gasteiger partial charge is 0.497 e. The molecule has 0 bridgehead atoms. The van der Waals surface area contributed by atoms with E-state index in [-0.39, 0.29) is 17.0 Å². The lowest BCUT2D eigenvalue weighted by Crippen LogP contribution is -2.42. The van der Waals surface area contributed by atoms with Crippen LogP contribution >= 0.6 is 0 Å². The molecule has 1 aromatic carbocycles. The number of nitrogens with one attached hydrogen (secondary N) is 1. The Kier molecular flexibility index (Phi) is 3.73. The SMILES string of the molecule is COc1ccc(N)c(CNC2(C)CCS(=O)(=O)C2)c1. The fraction of sp³-hybridized carbons (Fsp3) is 0.538. The Morgan fingerprint density at radius 2 is 2.21 bits per heavy atom. The lowest BCUT2D eigenvalue weighted by molar-refractivity contribution is 0.393. The van der Waals surface area contributed by atoms with Crippen LogP contribution in [0.1, 0.15) is 18.9 Å². The molecule has 5 nitrogen and oxygen atoms in total. The van der Waals surface area contributed by atoms with Crippen molar-refractivity contribution in [3.05, 3.63) is 23.8 Å². The van der Waals surface area contributed by atoms with Gasteiger partial charge in [0.15, 0.2) is 9.84 Å². The fourth-order valence-corrected chi connectivity index (χ4v) is 4.44. The maximum Gasteiger partial charge on any atom is 0.152 e. The van der Waals surface area contributed by atoms with Crippen LogP contribution in [0.25, 0.3) is 0 Å². The Balaban J connectivity index is 2.07. The van der Waals surface area contributed by atoms with E-state index >= 15 is 0 Å². The second-order valence-electron chi connectivity index (χ2n) is 5.32. The van der Waals surface area contributed by atoms with E-state index in [2.05, 4.69) is 5.32 Å². The van der Waals surface area contributed by atoms with Crippen LogP contribution in [-0.2, 0) is 16.4 Å². The molecule has 0 amide bonds. The van der Waals surface area contributed by atoms with Gasteiger partial charge in [0.05, 0.1) is 18.6 Å². The monoisotopic (exact) mass is 284 g/mol. The van der Waals surface area contributed by atoms with E-state index in [0.29, 0.717) is 18.7 Å². The second-order valence-corrected chi connectivity index (χ2v) is 7.51. The Morgan fingerprint density at radius 1 is 1.47 bits per heavy atom. The minimum absolute atomic E-state index is 0.184. The highest BCUT2D eigenvalue weighted by Gasteiger charge is 2.37. The number of methoxy groups -OCH3 is 1. The van der Waals surface area contributed by atoms with Gasteiger partial charge in [-0.05, 0) is 37.1 Å². The van der Waals surface area contributed by atoms with Crippen LogP contribution in [0, 0.1) is 0 Å². The van der Waals surface area contributed by atoms with Crippen molar-refractivity contribution in [3.63, 3.8) is 0 Å². The summed E-state index contributed by atoms with van der Waals surface area (Å²) in [6, 6.07) is 5.47. The third-order valence-electron chi connectivity index (χ3n) is 3.56. The molecule has 1 fully saturated rings. The van der Waals surface area contributed by atoms with Crippen LogP contribution in [0.2, 0.25) is 0 Å². The summed E-state index contributed by atoms with van der Waals surface area (Å²) in [6.45, 7) is 2.48. The van der Waals surface area contributed by atoms with Gasteiger partial charge in [-0.3, -0.25) is 0 Å². The summed E-state index contributed by atoms with van der Waals surface area (Å²) in [5, 5.41) is 3.31. The first kappa shape index (κ1) is 14.1. The van der Waals surface area contributed by atoms with Crippen LogP contribution in [0.5, 0.6) is 5.75 Å². The molecule has 3 N–H and O–H groups in total. The molecule has 1 unspecified atom stereocenters. The summed E-state index contributed by atoms with van der Waals surface area (Å²) in [6.07, 6.45) is 0.638. The molecule has 6 heteroatoms. The number of benzene rings is 1. The van der Waals surface area contributed by atoms with Gasteiger partial charge in [-0.2, -0.15) is 0 Å². The molecule has 1 aromatic rings. The van der Waals surface area contributed by atoms with Gasteiger partial charge in [-0.25, -0.2) is 8.42 Å². The van der Waals surface area contributed by atoms with E-state index in [1.54, 1.807) is 19.2 Å². The minimum atomic E-state index is -2.90. The molecule has 1 aliphatic rings. The first-order chi connectivity index (χ1) is 8.84. The fourth-order valence-electron chi connectivity index (χ4n) is 2.32. The van der Waals surface area contributed by atoms with E-state index in [1.165, 1.54) is 0 Å². The Morgan fingerprint density at radius 3 is 2.79 bits per heavy atom. The van der Waals surface area contributed by atoms with Crippen LogP contribution in [-0.4, -0.2) is 32.6 Å². The van der Waals surface area contributed by atoms with Crippen molar-refractivity contribution < 1.29 is 13.2 Å². The van der Waals surface area contributed by atoms with Gasteiger partial charge in [0, 0.05) is 17.8 Å². The molecule has 0 aliphatic carbocycles. The highest BCUT2D eigenvalue weighted by Crippen LogP contribution is 2.25. The molecule has 1 saturated heterocycles. The zero-order chi connectivity index (χ0) is 14.1. The zero-order valence-corrected chi connectivity index (χ0v) is 12.1. The van der Waals surface area contributed by atoms with E-state index < -0.39 is 9.84 Å². The summed E-state index contributed by atoms with van der Waals surface area (Å²) in [5.41, 5.74) is 7.14. The first-order valence-electron chi connectivity index (χ1n) is 6.21. The summed E-state index contributed by atoms with van der Waals surface area (Å²) >= 11 is 0. The molecular formula is C13H20N2O3S. The lowest BCUT2D eigenvalue weighted by atomic mass is 10.0. The summed E-state index contributed by atoms with van der Waals surface area (Å²) in [5.74, 6) is 1.18. The maximum atomic E-state index is 11.5. The predicted octanol–water partition coefficient (Wildman–Crippen LogP) is 0.944. The highest BCUT2D eigenvalue weighted by molar-refractivity contribution is 7.91. The molecule has 0 saturated carbocycles. The average Bonchev–Trinajstić information content (AvgIpc) is 2.63. The van der Waals surface area contributed by atoms with Gasteiger partial charge in [0.25, 0.3) is 0 Å². The van der Waals surface area contributed by atoms with Gasteiger partial charge >= 0.3 is 0 Å². The number of anilines is 1. The number of rotatable bonds is 4. The molecule has 1 atom stereocenters. The maximum absolute atomic E-state index is 11.5. The van der Waals surface area contributed by atoms with Crippen molar-refractivity contribution >= 4 is 15.5 Å². The summed E-state index contributed by atoms with van der Waals surface area (Å²) < 4.78 is 28.2. The van der Waals surface area contributed by atoms with Crippen LogP contribution in [0.3, 0.4) is 0 Å². The third-order valence-corrected chi connectivity index (χ3v) is 5.46. The quantitative estimate of drug-likeness (QED) is 0.804. The van der Waals surface area contributed by atoms with Crippen molar-refractivity contribution in [1.29, 1.82) is 0 Å². The molecule has 0 spiro atoms. The Labute approximate surface area is 114 Å². The summed E-state index contributed by atoms with van der Waals surface area (Å²) in [7, 11) is -1.29. The van der Waals surface area contributed by atoms with E-state index in [4.69, 9.17) is 10.5 Å². The van der Waals surface area contributed by atoms with E-state index in [9.17, 15) is 8.42 Å². The van der Waals surface area contributed by atoms with Crippen molar-refractivity contribution in [1.82, 2.24) is 5.32 Å². The third kappa shape index (κ3) is 3.39. The molecule has 0 radical (unpaired) electrons. The number of ether oxygens (including phenoxy) is 1. The topological polar surface area (TPSA) is 81.4 Å². The zero-order valence-electron chi connectivity index (χ0n) is 11.3. The molecule has 1 heterocycles. The highest BCUT2D eigenvalue weighted by atomic mass is 32.2. The van der Waals surface area contributed by atoms with Crippen molar-refractivity contribution in [3.8, 4) is 5.75 Å². The van der Waals surface area contributed by atoms with Crippen LogP contribution in [0.4, 0.5) is 5.69 Å². The van der Waals surface area contributed by atoms with Crippen LogP contribution in [0.15, 0.2) is 18.2 Å². The van der Waals surface area contributed by atoms with Crippen LogP contribution < -0.4 is 15.8 Å². The van der Waals surface area contributed by atoms with E-state index in [0.717, 1.165) is 11.3 Å². The van der Waals surface area contributed by atoms with Gasteiger partial charge in [0.1, 0.15) is 5.75 Å². The summed E-state index contributed by atoms with van der Waals surface area (Å²) in [4.78, 5) is 0. The normalized spacial score (nSPS) is 25.4. The molecule has 2 rings (SSSR count). The van der Waals surface area contributed by atoms with Crippen molar-refractivity contribution in [2.24, 2.45) is 0 Å². The number of nitrogens with two attached hydrogens (primary N) is 1. The Bertz CT molecular complexity index is 571. The molecular weight excluding hydrogens is 264 g/mol. The Hall–Kier alpha value is -1.27. The molecule has 106 valence electrons. The van der Waals surface area contributed by atoms with Crippen molar-refractivity contribution in [2.45, 2.75) is 25.4 Å². The second kappa shape index (κ2) is 5.02. The van der Waals surface area contributed by atoms with Gasteiger partial charge in [-0.1, -0.05) is 0 Å². The lowest BCUT2D eigenvalue weighted by Gasteiger charge is -2.24. The average molecular weight is 284 g/mol. The minimum Gasteiger partial charge on any atom is -0.497 e. The number of nitrogen functional groups attached to an aromatic ring is 1. The van der Waals surface area contributed by atoms with Gasteiger partial charge in [-0.15, -0.1) is 0 Å². The number of hydrogen-bond donors (Lipinski definition) is 2. The molecule has 1 aliphatic heterocycles. The standard InChI is InChI=1S/C13H20N2O3S/c1-13(5-6-19(16,17)9-13)15-8-10-7-11(18-2)3-4-12(10)14/h3-4,7,15H,5-6,8-9,14H2,1-2H3. The van der Waals surface area contributed by atoms with E-state index in [1.807, 2.05) is 13.0 Å². The van der Waals surface area contributed by atoms with Gasteiger partial charge < -0.3 is 15.8 Å². The first-order valence-corrected chi connectivity index (χ1v) is 8.04. The number of hydrogen-bond acceptors (Lipinski definition) is 5.